The standard InChI is InChI=1S/C35H54N8O10S2/c1-17(2)9-23(38-33(50)27(15-54)42-29(46)21(36)13-44)30(47)41-26(14-45)32(49)43-28(16-55)34(51)39-24(31(48)40-25(35(52)53)10-18(3)4)11-19-12-37-22-8-6-5-7-20(19)22/h5-8,12,17-18,21,23-28,37,44-45,54-55H,9-11,13-16,36H2,1-4H3,(H,38,50)(H,39,51)(H,40,48)(H,41,47)(H,42,46)(H,43,49)(H,52,53)/t21-,23-,24-,25-,26-,27-,28-/m0/s1. The number of rotatable bonds is 23. The third-order valence-corrected chi connectivity index (χ3v) is 9.10. The van der Waals surface area contributed by atoms with Crippen LogP contribution in [0, 0.1) is 11.8 Å². The first-order valence-electron chi connectivity index (χ1n) is 17.7. The summed E-state index contributed by atoms with van der Waals surface area (Å²) in [7, 11) is 0. The number of carbonyl (C=O) groups is 7. The summed E-state index contributed by atoms with van der Waals surface area (Å²) < 4.78 is 0. The molecule has 0 aliphatic heterocycles. The Labute approximate surface area is 330 Å². The average Bonchev–Trinajstić information content (AvgIpc) is 3.55. The number of hydrogen-bond acceptors (Lipinski definition) is 12. The van der Waals surface area contributed by atoms with E-state index in [4.69, 9.17) is 10.8 Å². The van der Waals surface area contributed by atoms with Gasteiger partial charge in [0.05, 0.1) is 13.2 Å². The van der Waals surface area contributed by atoms with E-state index in [1.165, 1.54) is 0 Å². The molecule has 1 heterocycles. The van der Waals surface area contributed by atoms with Crippen LogP contribution < -0.4 is 37.6 Å². The lowest BCUT2D eigenvalue weighted by atomic mass is 10.0. The van der Waals surface area contributed by atoms with Crippen molar-refractivity contribution in [1.82, 2.24) is 36.9 Å². The van der Waals surface area contributed by atoms with Gasteiger partial charge in [0.25, 0.3) is 0 Å². The molecule has 0 aliphatic rings. The van der Waals surface area contributed by atoms with Gasteiger partial charge < -0.3 is 57.9 Å². The highest BCUT2D eigenvalue weighted by Crippen LogP contribution is 2.19. The lowest BCUT2D eigenvalue weighted by Crippen LogP contribution is -2.61. The predicted octanol–water partition coefficient (Wildman–Crippen LogP) is -2.03. The fraction of sp³-hybridized carbons (Fsp3) is 0.571. The third-order valence-electron chi connectivity index (χ3n) is 8.37. The van der Waals surface area contributed by atoms with Crippen molar-refractivity contribution in [2.24, 2.45) is 17.6 Å². The Morgan fingerprint density at radius 3 is 1.60 bits per heavy atom. The SMILES string of the molecule is CC(C)C[C@H](NC(=O)[C@H](Cc1c[nH]c2ccccc12)NC(=O)[C@H](CS)NC(=O)[C@H](CO)NC(=O)[C@H](CC(C)C)NC(=O)[C@H](CS)NC(=O)[C@@H](N)CO)C(=O)O. The predicted molar refractivity (Wildman–Crippen MR) is 210 cm³/mol. The van der Waals surface area contributed by atoms with Gasteiger partial charge in [0.1, 0.15) is 42.3 Å². The van der Waals surface area contributed by atoms with Crippen molar-refractivity contribution in [2.45, 2.75) is 89.3 Å². The van der Waals surface area contributed by atoms with E-state index in [-0.39, 0.29) is 42.6 Å². The molecule has 0 unspecified atom stereocenters. The molecule has 12 N–H and O–H groups in total. The lowest BCUT2D eigenvalue weighted by molar-refractivity contribution is -0.142. The number of thiol groups is 2. The van der Waals surface area contributed by atoms with Crippen LogP contribution in [-0.2, 0) is 40.0 Å². The molecular weight excluding hydrogens is 757 g/mol. The number of aliphatic hydroxyl groups is 2. The van der Waals surface area contributed by atoms with Gasteiger partial charge in [-0.1, -0.05) is 45.9 Å². The quantitative estimate of drug-likeness (QED) is 0.0543. The molecule has 0 saturated carbocycles. The Balaban J connectivity index is 2.24. The van der Waals surface area contributed by atoms with Crippen LogP contribution in [0.3, 0.4) is 0 Å². The largest absolute Gasteiger partial charge is 0.480 e. The van der Waals surface area contributed by atoms with Crippen LogP contribution in [0.2, 0.25) is 0 Å². The summed E-state index contributed by atoms with van der Waals surface area (Å²) in [5.41, 5.74) is 6.93. The summed E-state index contributed by atoms with van der Waals surface area (Å²) in [6.07, 6.45) is 1.84. The Bertz CT molecular complexity index is 1640. The highest BCUT2D eigenvalue weighted by atomic mass is 32.1. The maximum atomic E-state index is 13.6. The van der Waals surface area contributed by atoms with Crippen LogP contribution in [0.1, 0.15) is 46.1 Å². The first-order valence-corrected chi connectivity index (χ1v) is 19.0. The Morgan fingerprint density at radius 1 is 0.636 bits per heavy atom. The average molecular weight is 811 g/mol. The topological polar surface area (TPSA) is 294 Å². The van der Waals surface area contributed by atoms with E-state index in [1.54, 1.807) is 40.0 Å². The lowest BCUT2D eigenvalue weighted by Gasteiger charge is -2.27. The second-order valence-electron chi connectivity index (χ2n) is 13.9. The fourth-order valence-corrected chi connectivity index (χ4v) is 5.95. The molecule has 0 spiro atoms. The molecule has 2 rings (SSSR count). The smallest absolute Gasteiger partial charge is 0.326 e. The third kappa shape index (κ3) is 14.7. The fourth-order valence-electron chi connectivity index (χ4n) is 5.43. The van der Waals surface area contributed by atoms with Gasteiger partial charge in [0.15, 0.2) is 0 Å². The van der Waals surface area contributed by atoms with Crippen LogP contribution in [0.4, 0.5) is 0 Å². The molecule has 6 amide bonds. The molecule has 0 fully saturated rings. The number of aliphatic hydroxyl groups excluding tert-OH is 2. The summed E-state index contributed by atoms with van der Waals surface area (Å²) >= 11 is 8.27. The van der Waals surface area contributed by atoms with Crippen molar-refractivity contribution >= 4 is 77.6 Å². The zero-order valence-electron chi connectivity index (χ0n) is 31.2. The molecular formula is C35H54N8O10S2. The first-order chi connectivity index (χ1) is 25.9. The van der Waals surface area contributed by atoms with Crippen molar-refractivity contribution < 1.29 is 48.9 Å². The number of hydrogen-bond donors (Lipinski definition) is 13. The van der Waals surface area contributed by atoms with E-state index in [9.17, 15) is 43.8 Å². The zero-order chi connectivity index (χ0) is 41.4. The van der Waals surface area contributed by atoms with E-state index < -0.39 is 96.9 Å². The minimum Gasteiger partial charge on any atom is -0.480 e. The first kappa shape index (κ1) is 46.8. The number of aromatic amines is 1. The van der Waals surface area contributed by atoms with Gasteiger partial charge in [0, 0.05) is 35.0 Å². The van der Waals surface area contributed by atoms with Gasteiger partial charge in [-0.25, -0.2) is 4.79 Å². The van der Waals surface area contributed by atoms with Crippen LogP contribution in [0.15, 0.2) is 30.5 Å². The van der Waals surface area contributed by atoms with Crippen LogP contribution in [0.25, 0.3) is 10.9 Å². The number of carboxylic acids is 1. The number of nitrogens with one attached hydrogen (secondary N) is 7. The number of H-pyrrole nitrogens is 1. The maximum Gasteiger partial charge on any atom is 0.326 e. The number of nitrogens with two attached hydrogens (primary N) is 1. The minimum atomic E-state index is -1.60. The second-order valence-corrected chi connectivity index (χ2v) is 14.6. The van der Waals surface area contributed by atoms with E-state index in [1.807, 2.05) is 18.2 Å². The molecule has 306 valence electrons. The number of amides is 6. The molecule has 1 aromatic heterocycles. The highest BCUT2D eigenvalue weighted by Gasteiger charge is 2.33. The summed E-state index contributed by atoms with van der Waals surface area (Å²) in [6, 6.07) is -2.01. The van der Waals surface area contributed by atoms with Crippen LogP contribution in [0.5, 0.6) is 0 Å². The molecule has 20 heteroatoms. The van der Waals surface area contributed by atoms with E-state index >= 15 is 0 Å². The Kier molecular flexibility index (Phi) is 19.5. The number of carboxylic acid groups (broad SMARTS) is 1. The van der Waals surface area contributed by atoms with Crippen molar-refractivity contribution in [3.05, 3.63) is 36.0 Å². The monoisotopic (exact) mass is 810 g/mol. The molecule has 0 radical (unpaired) electrons. The summed E-state index contributed by atoms with van der Waals surface area (Å²) in [5.74, 6) is -7.00. The molecule has 55 heavy (non-hydrogen) atoms. The van der Waals surface area contributed by atoms with E-state index in [0.717, 1.165) is 10.9 Å². The molecule has 7 atom stereocenters. The van der Waals surface area contributed by atoms with Gasteiger partial charge in [0.2, 0.25) is 35.4 Å². The summed E-state index contributed by atoms with van der Waals surface area (Å²) in [6.45, 7) is 5.57. The van der Waals surface area contributed by atoms with Crippen LogP contribution >= 0.6 is 25.3 Å². The van der Waals surface area contributed by atoms with E-state index in [0.29, 0.717) is 5.56 Å². The molecule has 1 aromatic carbocycles. The zero-order valence-corrected chi connectivity index (χ0v) is 33.0. The maximum absolute atomic E-state index is 13.6. The minimum absolute atomic E-state index is 0.0485. The molecule has 0 saturated heterocycles. The summed E-state index contributed by atoms with van der Waals surface area (Å²) in [5, 5.41) is 44.5. The highest BCUT2D eigenvalue weighted by molar-refractivity contribution is 7.80. The van der Waals surface area contributed by atoms with Crippen molar-refractivity contribution in [3.63, 3.8) is 0 Å². The number of fused-ring (bicyclic) bond motifs is 1. The molecule has 18 nitrogen and oxygen atoms in total. The molecule has 0 aliphatic carbocycles. The Morgan fingerprint density at radius 2 is 1.07 bits per heavy atom. The van der Waals surface area contributed by atoms with E-state index in [2.05, 4.69) is 62.1 Å². The number of carbonyl (C=O) groups excluding carboxylic acids is 6. The van der Waals surface area contributed by atoms with Crippen molar-refractivity contribution in [3.8, 4) is 0 Å². The number of benzene rings is 1. The van der Waals surface area contributed by atoms with Crippen LogP contribution in [-0.4, -0.2) is 129 Å². The Hall–Kier alpha value is -4.37. The van der Waals surface area contributed by atoms with Gasteiger partial charge >= 0.3 is 5.97 Å². The van der Waals surface area contributed by atoms with Crippen molar-refractivity contribution in [1.29, 1.82) is 0 Å². The number of aromatic nitrogens is 1. The van der Waals surface area contributed by atoms with Gasteiger partial charge in [-0.3, -0.25) is 28.8 Å². The second kappa shape index (κ2) is 22.9. The number of aliphatic carboxylic acids is 1. The molecule has 0 bridgehead atoms. The summed E-state index contributed by atoms with van der Waals surface area (Å²) in [4.78, 5) is 94.1. The number of para-hydroxylation sites is 1. The van der Waals surface area contributed by atoms with Gasteiger partial charge in [-0.15, -0.1) is 0 Å². The van der Waals surface area contributed by atoms with Crippen molar-refractivity contribution in [2.75, 3.05) is 24.7 Å². The van der Waals surface area contributed by atoms with Gasteiger partial charge in [-0.05, 0) is 36.3 Å². The van der Waals surface area contributed by atoms with Gasteiger partial charge in [-0.2, -0.15) is 25.3 Å². The molecule has 2 aromatic rings. The normalized spacial score (nSPS) is 15.2.